The Hall–Kier alpha value is -1.14. The van der Waals surface area contributed by atoms with E-state index in [4.69, 9.17) is 4.74 Å². The molecule has 1 N–H and O–H groups in total. The van der Waals surface area contributed by atoms with Crippen LogP contribution in [0.5, 0.6) is 0 Å². The molecular formula is C15H23F2N3O. The van der Waals surface area contributed by atoms with E-state index in [1.165, 1.54) is 0 Å². The molecule has 118 valence electrons. The van der Waals surface area contributed by atoms with Crippen molar-refractivity contribution in [1.82, 2.24) is 15.3 Å². The molecule has 0 saturated heterocycles. The minimum absolute atomic E-state index is 0.193. The lowest BCUT2D eigenvalue weighted by molar-refractivity contribution is 0.0182. The van der Waals surface area contributed by atoms with Crippen LogP contribution in [0.2, 0.25) is 0 Å². The summed E-state index contributed by atoms with van der Waals surface area (Å²) in [4.78, 5) is 8.94. The minimum atomic E-state index is -2.42. The number of fused-ring (bicyclic) bond motifs is 1. The molecule has 0 radical (unpaired) electrons. The molecule has 0 amide bonds. The van der Waals surface area contributed by atoms with Crippen LogP contribution in [0.1, 0.15) is 43.4 Å². The molecule has 0 aliphatic heterocycles. The maximum Gasteiger partial charge on any atom is 0.261 e. The fourth-order valence-corrected chi connectivity index (χ4v) is 2.80. The van der Waals surface area contributed by atoms with Gasteiger partial charge in [-0.25, -0.2) is 18.7 Å². The molecule has 1 unspecified atom stereocenters. The lowest BCUT2D eigenvalue weighted by atomic mass is 9.74. The van der Waals surface area contributed by atoms with Crippen LogP contribution in [0.25, 0.3) is 0 Å². The third-order valence-electron chi connectivity index (χ3n) is 3.79. The molecule has 0 spiro atoms. The number of hydrogen-bond acceptors (Lipinski definition) is 4. The molecule has 1 aromatic heterocycles. The molecule has 1 heterocycles. The van der Waals surface area contributed by atoms with Gasteiger partial charge in [-0.15, -0.1) is 0 Å². The molecule has 1 atom stereocenters. The van der Waals surface area contributed by atoms with E-state index in [-0.39, 0.29) is 18.1 Å². The highest BCUT2D eigenvalue weighted by atomic mass is 19.3. The predicted molar refractivity (Wildman–Crippen MR) is 76.5 cm³/mol. The summed E-state index contributed by atoms with van der Waals surface area (Å²) in [6.45, 7) is 4.16. The zero-order valence-electron chi connectivity index (χ0n) is 12.8. The van der Waals surface area contributed by atoms with E-state index in [1.54, 1.807) is 0 Å². The summed E-state index contributed by atoms with van der Waals surface area (Å²) < 4.78 is 28.9. The average molecular weight is 299 g/mol. The van der Waals surface area contributed by atoms with Crippen LogP contribution in [-0.2, 0) is 17.6 Å². The molecule has 1 aliphatic rings. The third-order valence-corrected chi connectivity index (χ3v) is 3.79. The molecule has 0 bridgehead atoms. The maximum atomic E-state index is 12.0. The summed E-state index contributed by atoms with van der Waals surface area (Å²) in [5.74, 6) is 0.663. The first-order chi connectivity index (χ1) is 9.91. The van der Waals surface area contributed by atoms with Gasteiger partial charge in [-0.05, 0) is 25.3 Å². The molecule has 0 fully saturated rings. The first kappa shape index (κ1) is 16.2. The molecule has 1 aromatic rings. The summed E-state index contributed by atoms with van der Waals surface area (Å²) >= 11 is 0. The molecule has 6 heteroatoms. The second-order valence-electron chi connectivity index (χ2n) is 6.29. The van der Waals surface area contributed by atoms with Gasteiger partial charge < -0.3 is 10.1 Å². The van der Waals surface area contributed by atoms with Crippen molar-refractivity contribution in [2.45, 2.75) is 45.6 Å². The van der Waals surface area contributed by atoms with Gasteiger partial charge in [-0.1, -0.05) is 13.8 Å². The number of hydrogen-bond donors (Lipinski definition) is 1. The number of ether oxygens (including phenoxy) is 1. The first-order valence-electron chi connectivity index (χ1n) is 7.29. The summed E-state index contributed by atoms with van der Waals surface area (Å²) in [7, 11) is 1.95. The molecule has 0 saturated carbocycles. The highest BCUT2D eigenvalue weighted by Gasteiger charge is 2.32. The van der Waals surface area contributed by atoms with E-state index in [0.717, 1.165) is 24.1 Å². The van der Waals surface area contributed by atoms with Crippen LogP contribution >= 0.6 is 0 Å². The van der Waals surface area contributed by atoms with Gasteiger partial charge in [0, 0.05) is 29.9 Å². The Bertz CT molecular complexity index is 480. The fraction of sp³-hybridized carbons (Fsp3) is 0.733. The van der Waals surface area contributed by atoms with Gasteiger partial charge in [0.2, 0.25) is 0 Å². The summed E-state index contributed by atoms with van der Waals surface area (Å²) in [5.41, 5.74) is 2.40. The van der Waals surface area contributed by atoms with Gasteiger partial charge in [0.05, 0.1) is 6.61 Å². The summed E-state index contributed by atoms with van der Waals surface area (Å²) in [6, 6.07) is 0.271. The molecule has 0 aromatic carbocycles. The smallest absolute Gasteiger partial charge is 0.261 e. The van der Waals surface area contributed by atoms with Crippen molar-refractivity contribution < 1.29 is 13.5 Å². The summed E-state index contributed by atoms with van der Waals surface area (Å²) in [5, 5.41) is 3.31. The van der Waals surface area contributed by atoms with Crippen LogP contribution in [0.3, 0.4) is 0 Å². The van der Waals surface area contributed by atoms with Gasteiger partial charge in [-0.2, -0.15) is 0 Å². The van der Waals surface area contributed by atoms with Gasteiger partial charge in [-0.3, -0.25) is 0 Å². The van der Waals surface area contributed by atoms with Gasteiger partial charge >= 0.3 is 0 Å². The van der Waals surface area contributed by atoms with Gasteiger partial charge in [0.15, 0.2) is 0 Å². The van der Waals surface area contributed by atoms with Crippen LogP contribution in [-0.4, -0.2) is 36.7 Å². The first-order valence-corrected chi connectivity index (χ1v) is 7.29. The standard InChI is InChI=1S/C15H23F2N3O/c1-15(2)6-11(18-3)10-8-19-14(20-12(10)7-15)4-5-21-9-13(16)17/h8,11,13,18H,4-7,9H2,1-3H3. The van der Waals surface area contributed by atoms with Crippen molar-refractivity contribution in [3.8, 4) is 0 Å². The molecule has 4 nitrogen and oxygen atoms in total. The lowest BCUT2D eigenvalue weighted by Gasteiger charge is -2.36. The third kappa shape index (κ3) is 4.41. The Balaban J connectivity index is 2.04. The highest BCUT2D eigenvalue weighted by Crippen LogP contribution is 2.39. The van der Waals surface area contributed by atoms with Crippen molar-refractivity contribution in [3.63, 3.8) is 0 Å². The lowest BCUT2D eigenvalue weighted by Crippen LogP contribution is -2.33. The zero-order valence-corrected chi connectivity index (χ0v) is 12.8. The fourth-order valence-electron chi connectivity index (χ4n) is 2.80. The van der Waals surface area contributed by atoms with E-state index in [9.17, 15) is 8.78 Å². The predicted octanol–water partition coefficient (Wildman–Crippen LogP) is 2.53. The van der Waals surface area contributed by atoms with Crippen LogP contribution in [0.15, 0.2) is 6.20 Å². The largest absolute Gasteiger partial charge is 0.375 e. The average Bonchev–Trinajstić information content (AvgIpc) is 2.41. The Kier molecular flexibility index (Phi) is 5.22. The quantitative estimate of drug-likeness (QED) is 0.820. The number of halogens is 2. The molecular weight excluding hydrogens is 276 g/mol. The minimum Gasteiger partial charge on any atom is -0.375 e. The van der Waals surface area contributed by atoms with Gasteiger partial charge in [0.1, 0.15) is 12.4 Å². The van der Waals surface area contributed by atoms with Crippen LogP contribution in [0, 0.1) is 5.41 Å². The van der Waals surface area contributed by atoms with E-state index in [1.807, 2.05) is 13.2 Å². The monoisotopic (exact) mass is 299 g/mol. The zero-order chi connectivity index (χ0) is 15.5. The van der Waals surface area contributed by atoms with Crippen molar-refractivity contribution >= 4 is 0 Å². The Morgan fingerprint density at radius 3 is 2.90 bits per heavy atom. The number of alkyl halides is 2. The molecule has 1 aliphatic carbocycles. The van der Waals surface area contributed by atoms with E-state index in [0.29, 0.717) is 12.2 Å². The van der Waals surface area contributed by atoms with Crippen LogP contribution < -0.4 is 5.32 Å². The van der Waals surface area contributed by atoms with Crippen LogP contribution in [0.4, 0.5) is 8.78 Å². The molecule has 2 rings (SSSR count). The van der Waals surface area contributed by atoms with E-state index >= 15 is 0 Å². The number of aromatic nitrogens is 2. The Morgan fingerprint density at radius 2 is 2.24 bits per heavy atom. The SMILES string of the molecule is CNC1CC(C)(C)Cc2nc(CCOCC(F)F)ncc21. The Labute approximate surface area is 124 Å². The van der Waals surface area contributed by atoms with Crippen molar-refractivity contribution in [2.75, 3.05) is 20.3 Å². The maximum absolute atomic E-state index is 12.0. The van der Waals surface area contributed by atoms with Gasteiger partial charge in [0.25, 0.3) is 6.43 Å². The summed E-state index contributed by atoms with van der Waals surface area (Å²) in [6.07, 6.45) is 1.86. The van der Waals surface area contributed by atoms with E-state index < -0.39 is 13.0 Å². The second-order valence-corrected chi connectivity index (χ2v) is 6.29. The van der Waals surface area contributed by atoms with Crippen molar-refractivity contribution in [2.24, 2.45) is 5.41 Å². The Morgan fingerprint density at radius 1 is 1.48 bits per heavy atom. The highest BCUT2D eigenvalue weighted by molar-refractivity contribution is 5.26. The normalized spacial score (nSPS) is 20.6. The number of nitrogens with one attached hydrogen (secondary N) is 1. The second kappa shape index (κ2) is 6.75. The van der Waals surface area contributed by atoms with Crippen molar-refractivity contribution in [1.29, 1.82) is 0 Å². The van der Waals surface area contributed by atoms with Crippen molar-refractivity contribution in [3.05, 3.63) is 23.3 Å². The number of rotatable bonds is 6. The number of nitrogens with zero attached hydrogens (tertiary/aromatic N) is 2. The van der Waals surface area contributed by atoms with E-state index in [2.05, 4.69) is 29.1 Å². The molecule has 21 heavy (non-hydrogen) atoms. The topological polar surface area (TPSA) is 47.0 Å².